The molecule has 8 nitrogen and oxygen atoms in total. The van der Waals surface area contributed by atoms with E-state index in [2.05, 4.69) is 11.0 Å². The second-order valence-corrected chi connectivity index (χ2v) is 8.40. The van der Waals surface area contributed by atoms with Gasteiger partial charge < -0.3 is 20.1 Å². The topological polar surface area (TPSA) is 109 Å². The second-order valence-electron chi connectivity index (χ2n) is 8.40. The highest BCUT2D eigenvalue weighted by molar-refractivity contribution is 6.06. The Bertz CT molecular complexity index is 1220. The summed E-state index contributed by atoms with van der Waals surface area (Å²) in [6, 6.07) is 18.7. The number of allylic oxidation sites excluding steroid dienone is 1. The molecule has 0 radical (unpaired) electrons. The average Bonchev–Trinajstić information content (AvgIpc) is 2.92. The van der Waals surface area contributed by atoms with Gasteiger partial charge in [0, 0.05) is 24.5 Å². The summed E-state index contributed by atoms with van der Waals surface area (Å²) in [5.41, 5.74) is 8.82. The van der Waals surface area contributed by atoms with Crippen LogP contribution < -0.4 is 15.5 Å². The quantitative estimate of drug-likeness (QED) is 0.658. The molecule has 2 aliphatic heterocycles. The summed E-state index contributed by atoms with van der Waals surface area (Å²) < 4.78 is 10.2. The molecule has 2 N–H and O–H groups in total. The Balaban J connectivity index is 1.96. The van der Waals surface area contributed by atoms with Gasteiger partial charge in [0.2, 0.25) is 0 Å². The van der Waals surface area contributed by atoms with Crippen LogP contribution in [0, 0.1) is 11.3 Å². The number of carbonyl (C=O) groups is 2. The smallest absolute Gasteiger partial charge is 0.355 e. The van der Waals surface area contributed by atoms with E-state index in [1.165, 1.54) is 25.5 Å². The molecule has 1 saturated heterocycles. The molecule has 4 rings (SSSR count). The monoisotopic (exact) mass is 472 g/mol. The highest BCUT2D eigenvalue weighted by atomic mass is 16.5. The molecule has 2 aromatic carbocycles. The van der Waals surface area contributed by atoms with Gasteiger partial charge in [-0.25, -0.2) is 9.59 Å². The first kappa shape index (κ1) is 23.9. The Morgan fingerprint density at radius 3 is 2.23 bits per heavy atom. The van der Waals surface area contributed by atoms with E-state index in [4.69, 9.17) is 15.2 Å². The molecule has 8 heteroatoms. The SMILES string of the molecule is COC(=O)C1=C(C(=O)OC)N(c2cccc(N3CCCCC3)c2)C(N)=C(C#N)C1c1ccccc1. The molecule has 0 aliphatic carbocycles. The first-order chi connectivity index (χ1) is 17.0. The van der Waals surface area contributed by atoms with E-state index in [-0.39, 0.29) is 22.7 Å². The van der Waals surface area contributed by atoms with Crippen molar-refractivity contribution < 1.29 is 19.1 Å². The van der Waals surface area contributed by atoms with Crippen molar-refractivity contribution in [2.75, 3.05) is 37.1 Å². The highest BCUT2D eigenvalue weighted by Crippen LogP contribution is 2.43. The third kappa shape index (κ3) is 4.45. The van der Waals surface area contributed by atoms with Gasteiger partial charge in [-0.15, -0.1) is 0 Å². The summed E-state index contributed by atoms with van der Waals surface area (Å²) in [6.45, 7) is 1.86. The Hall–Kier alpha value is -4.25. The van der Waals surface area contributed by atoms with Crippen LogP contribution in [-0.2, 0) is 19.1 Å². The summed E-state index contributed by atoms with van der Waals surface area (Å²) in [5.74, 6) is -2.32. The molecule has 2 aliphatic rings. The lowest BCUT2D eigenvalue weighted by atomic mass is 9.81. The number of anilines is 2. The largest absolute Gasteiger partial charge is 0.466 e. The number of piperidine rings is 1. The number of hydrogen-bond donors (Lipinski definition) is 1. The van der Waals surface area contributed by atoms with Gasteiger partial charge in [-0.1, -0.05) is 36.4 Å². The number of nitriles is 1. The molecule has 1 atom stereocenters. The van der Waals surface area contributed by atoms with Gasteiger partial charge in [0.05, 0.1) is 37.4 Å². The van der Waals surface area contributed by atoms with Crippen LogP contribution in [0.2, 0.25) is 0 Å². The Morgan fingerprint density at radius 1 is 0.943 bits per heavy atom. The third-order valence-electron chi connectivity index (χ3n) is 6.42. The van der Waals surface area contributed by atoms with Crippen molar-refractivity contribution in [3.05, 3.63) is 82.8 Å². The van der Waals surface area contributed by atoms with Crippen LogP contribution in [0.25, 0.3) is 0 Å². The van der Waals surface area contributed by atoms with Crippen LogP contribution in [0.4, 0.5) is 11.4 Å². The van der Waals surface area contributed by atoms with Gasteiger partial charge in [0.1, 0.15) is 11.5 Å². The van der Waals surface area contributed by atoms with E-state index in [9.17, 15) is 14.9 Å². The van der Waals surface area contributed by atoms with E-state index in [0.717, 1.165) is 31.6 Å². The van der Waals surface area contributed by atoms with E-state index in [1.54, 1.807) is 30.3 Å². The fraction of sp³-hybridized carbons (Fsp3) is 0.296. The molecule has 0 aromatic heterocycles. The van der Waals surface area contributed by atoms with E-state index in [1.807, 2.05) is 24.3 Å². The number of nitrogens with two attached hydrogens (primary N) is 1. The van der Waals surface area contributed by atoms with Crippen molar-refractivity contribution in [2.45, 2.75) is 25.2 Å². The van der Waals surface area contributed by atoms with E-state index < -0.39 is 17.9 Å². The summed E-state index contributed by atoms with van der Waals surface area (Å²) >= 11 is 0. The number of benzene rings is 2. The maximum Gasteiger partial charge on any atom is 0.355 e. The molecule has 0 bridgehead atoms. The fourth-order valence-corrected chi connectivity index (χ4v) is 4.76. The normalized spacial score (nSPS) is 18.3. The molecule has 0 amide bonds. The van der Waals surface area contributed by atoms with Crippen molar-refractivity contribution in [1.29, 1.82) is 5.26 Å². The van der Waals surface area contributed by atoms with Gasteiger partial charge in [0.15, 0.2) is 0 Å². The van der Waals surface area contributed by atoms with Gasteiger partial charge in [0.25, 0.3) is 0 Å². The maximum absolute atomic E-state index is 13.2. The zero-order valence-corrected chi connectivity index (χ0v) is 19.9. The lowest BCUT2D eigenvalue weighted by Gasteiger charge is -2.36. The molecule has 0 spiro atoms. The number of hydrogen-bond acceptors (Lipinski definition) is 8. The Kier molecular flexibility index (Phi) is 7.06. The molecule has 0 saturated carbocycles. The summed E-state index contributed by atoms with van der Waals surface area (Å²) in [6.07, 6.45) is 3.41. The first-order valence-corrected chi connectivity index (χ1v) is 11.5. The minimum absolute atomic E-state index is 0.000300. The van der Waals surface area contributed by atoms with Crippen molar-refractivity contribution >= 4 is 23.3 Å². The van der Waals surface area contributed by atoms with Gasteiger partial charge in [-0.2, -0.15) is 5.26 Å². The number of methoxy groups -OCH3 is 2. The Morgan fingerprint density at radius 2 is 1.60 bits per heavy atom. The van der Waals surface area contributed by atoms with Crippen LogP contribution in [-0.4, -0.2) is 39.2 Å². The number of rotatable bonds is 5. The van der Waals surface area contributed by atoms with Crippen molar-refractivity contribution in [2.24, 2.45) is 5.73 Å². The average molecular weight is 473 g/mol. The zero-order valence-electron chi connectivity index (χ0n) is 19.9. The fourth-order valence-electron chi connectivity index (χ4n) is 4.76. The number of esters is 2. The second kappa shape index (κ2) is 10.3. The van der Waals surface area contributed by atoms with Crippen LogP contribution in [0.1, 0.15) is 30.7 Å². The van der Waals surface area contributed by atoms with Gasteiger partial charge >= 0.3 is 11.9 Å². The highest BCUT2D eigenvalue weighted by Gasteiger charge is 2.43. The lowest BCUT2D eigenvalue weighted by molar-refractivity contribution is -0.139. The molecule has 2 aromatic rings. The zero-order chi connectivity index (χ0) is 24.9. The number of nitrogens with zero attached hydrogens (tertiary/aromatic N) is 3. The number of ether oxygens (including phenoxy) is 2. The lowest BCUT2D eigenvalue weighted by Crippen LogP contribution is -2.41. The summed E-state index contributed by atoms with van der Waals surface area (Å²) in [4.78, 5) is 30.0. The molecule has 1 unspecified atom stereocenters. The van der Waals surface area contributed by atoms with Crippen LogP contribution in [0.3, 0.4) is 0 Å². The molecule has 1 fully saturated rings. The van der Waals surface area contributed by atoms with Crippen LogP contribution in [0.15, 0.2) is 77.3 Å². The maximum atomic E-state index is 13.2. The minimum atomic E-state index is -0.885. The third-order valence-corrected chi connectivity index (χ3v) is 6.42. The van der Waals surface area contributed by atoms with Crippen molar-refractivity contribution in [1.82, 2.24) is 0 Å². The van der Waals surface area contributed by atoms with Crippen molar-refractivity contribution in [3.63, 3.8) is 0 Å². The number of carbonyl (C=O) groups excluding carboxylic acids is 2. The molecular weight excluding hydrogens is 444 g/mol. The predicted octanol–water partition coefficient (Wildman–Crippen LogP) is 3.57. The predicted molar refractivity (Wildman–Crippen MR) is 132 cm³/mol. The first-order valence-electron chi connectivity index (χ1n) is 11.5. The van der Waals surface area contributed by atoms with E-state index >= 15 is 0 Å². The van der Waals surface area contributed by atoms with Crippen molar-refractivity contribution in [3.8, 4) is 6.07 Å². The summed E-state index contributed by atoms with van der Waals surface area (Å²) in [7, 11) is 2.48. The van der Waals surface area contributed by atoms with Gasteiger partial charge in [-0.3, -0.25) is 4.90 Å². The molecule has 35 heavy (non-hydrogen) atoms. The Labute approximate surface area is 204 Å². The van der Waals surface area contributed by atoms with Gasteiger partial charge in [-0.05, 0) is 43.0 Å². The minimum Gasteiger partial charge on any atom is -0.466 e. The standard InChI is InChI=1S/C27H28N4O4/c1-34-26(32)23-22(18-10-5-3-6-11-18)21(17-28)25(29)31(24(23)27(33)35-2)20-13-9-12-19(16-20)30-14-7-4-8-15-30/h3,5-6,9-13,16,22H,4,7-8,14-15,29H2,1-2H3. The van der Waals surface area contributed by atoms with Crippen LogP contribution in [0.5, 0.6) is 0 Å². The molecular formula is C27H28N4O4. The summed E-state index contributed by atoms with van der Waals surface area (Å²) in [5, 5.41) is 10.2. The molecule has 2 heterocycles. The van der Waals surface area contributed by atoms with Crippen LogP contribution >= 0.6 is 0 Å². The molecule has 180 valence electrons. The van der Waals surface area contributed by atoms with E-state index in [0.29, 0.717) is 11.3 Å².